The van der Waals surface area contributed by atoms with Gasteiger partial charge >= 0.3 is 17.9 Å². The summed E-state index contributed by atoms with van der Waals surface area (Å²) in [5.74, 6) is -0.983. The summed E-state index contributed by atoms with van der Waals surface area (Å²) in [6.07, 6.45) is 79.7. The van der Waals surface area contributed by atoms with Crippen LogP contribution in [0.15, 0.2) is 72.9 Å². The van der Waals surface area contributed by atoms with Gasteiger partial charge in [-0.15, -0.1) is 0 Å². The third kappa shape index (κ3) is 59.6. The van der Waals surface area contributed by atoms with Gasteiger partial charge in [-0.2, -0.15) is 0 Å². The van der Waals surface area contributed by atoms with Crippen LogP contribution < -0.4 is 0 Å². The molecule has 6 nitrogen and oxygen atoms in total. The zero-order valence-electron chi connectivity index (χ0n) is 48.4. The van der Waals surface area contributed by atoms with Crippen LogP contribution in [-0.4, -0.2) is 37.2 Å². The summed E-state index contributed by atoms with van der Waals surface area (Å²) in [4.78, 5) is 38.0. The lowest BCUT2D eigenvalue weighted by Gasteiger charge is -2.18. The molecule has 0 aromatic heterocycles. The average Bonchev–Trinajstić information content (AvgIpc) is 3.39. The van der Waals surface area contributed by atoms with Gasteiger partial charge in [0.1, 0.15) is 13.2 Å². The van der Waals surface area contributed by atoms with E-state index in [-0.39, 0.29) is 37.5 Å². The van der Waals surface area contributed by atoms with Crippen LogP contribution in [0, 0.1) is 0 Å². The van der Waals surface area contributed by atoms with Gasteiger partial charge in [-0.1, -0.05) is 312 Å². The minimum atomic E-state index is -0.812. The van der Waals surface area contributed by atoms with Crippen molar-refractivity contribution in [3.05, 3.63) is 72.9 Å². The predicted molar refractivity (Wildman–Crippen MR) is 316 cm³/mol. The quantitative estimate of drug-likeness (QED) is 0.0261. The Morgan fingerprint density at radius 2 is 0.534 bits per heavy atom. The van der Waals surface area contributed by atoms with E-state index in [1.807, 2.05) is 6.08 Å². The Kier molecular flexibility index (Phi) is 58.7. The molecule has 0 bridgehead atoms. The average molecular weight is 1020 g/mol. The normalized spacial score (nSPS) is 12.5. The van der Waals surface area contributed by atoms with Crippen molar-refractivity contribution in [2.75, 3.05) is 13.2 Å². The first-order valence-electron chi connectivity index (χ1n) is 31.4. The van der Waals surface area contributed by atoms with Crippen LogP contribution in [-0.2, 0) is 28.6 Å². The van der Waals surface area contributed by atoms with Gasteiger partial charge in [-0.3, -0.25) is 14.4 Å². The Morgan fingerprint density at radius 1 is 0.288 bits per heavy atom. The SMILES string of the molecule is CC/C=C\C/C=C\C/C=C\C/C=C\C/C=C\C/C=C\CCC(=O)OC(COC(=O)CCCCCCCCC)COC(=O)CCCCCCCCCCCCCCCCCCCCCCCCCCCCCCC. The van der Waals surface area contributed by atoms with E-state index in [4.69, 9.17) is 14.2 Å². The van der Waals surface area contributed by atoms with Gasteiger partial charge in [0, 0.05) is 19.3 Å². The fourth-order valence-corrected chi connectivity index (χ4v) is 9.06. The first kappa shape index (κ1) is 69.8. The highest BCUT2D eigenvalue weighted by Gasteiger charge is 2.19. The second kappa shape index (κ2) is 61.4. The zero-order chi connectivity index (χ0) is 52.9. The van der Waals surface area contributed by atoms with Crippen molar-refractivity contribution >= 4 is 17.9 Å². The minimum absolute atomic E-state index is 0.102. The number of esters is 3. The molecule has 0 fully saturated rings. The summed E-state index contributed by atoms with van der Waals surface area (Å²) >= 11 is 0. The number of unbranched alkanes of at least 4 members (excludes halogenated alkanes) is 34. The van der Waals surface area contributed by atoms with Crippen molar-refractivity contribution < 1.29 is 28.6 Å². The molecule has 0 heterocycles. The van der Waals surface area contributed by atoms with Gasteiger partial charge in [0.25, 0.3) is 0 Å². The molecule has 0 radical (unpaired) electrons. The number of carbonyl (C=O) groups excluding carboxylic acids is 3. The van der Waals surface area contributed by atoms with Gasteiger partial charge in [0.05, 0.1) is 0 Å². The van der Waals surface area contributed by atoms with Crippen molar-refractivity contribution in [3.63, 3.8) is 0 Å². The lowest BCUT2D eigenvalue weighted by Crippen LogP contribution is -2.30. The number of carbonyl (C=O) groups is 3. The van der Waals surface area contributed by atoms with E-state index in [2.05, 4.69) is 87.6 Å². The fourth-order valence-electron chi connectivity index (χ4n) is 9.06. The summed E-state index contributed by atoms with van der Waals surface area (Å²) in [7, 11) is 0. The van der Waals surface area contributed by atoms with E-state index >= 15 is 0 Å². The Balaban J connectivity index is 4.12. The summed E-state index contributed by atoms with van der Waals surface area (Å²) in [5, 5.41) is 0. The Morgan fingerprint density at radius 3 is 0.808 bits per heavy atom. The zero-order valence-corrected chi connectivity index (χ0v) is 48.4. The maximum Gasteiger partial charge on any atom is 0.306 e. The largest absolute Gasteiger partial charge is 0.462 e. The third-order valence-electron chi connectivity index (χ3n) is 13.7. The van der Waals surface area contributed by atoms with Crippen molar-refractivity contribution in [2.24, 2.45) is 0 Å². The van der Waals surface area contributed by atoms with Gasteiger partial charge in [-0.05, 0) is 57.8 Å². The highest BCUT2D eigenvalue weighted by atomic mass is 16.6. The lowest BCUT2D eigenvalue weighted by molar-refractivity contribution is -0.166. The first-order chi connectivity index (χ1) is 36.0. The molecule has 1 unspecified atom stereocenters. The van der Waals surface area contributed by atoms with E-state index in [9.17, 15) is 14.4 Å². The summed E-state index contributed by atoms with van der Waals surface area (Å²) < 4.78 is 16.7. The standard InChI is InChI=1S/C67H118O6/c1-4-7-10-13-16-18-20-22-24-26-28-29-30-31-32-33-34-35-36-37-39-40-42-44-46-48-51-54-57-60-66(69)72-63-64(62-71-65(68)59-56-53-50-15-12-9-6-3)73-67(70)61-58-55-52-49-47-45-43-41-38-27-25-23-21-19-17-14-11-8-5-2/h8,11,17,19,23,25,38,41,45,47,52,55,64H,4-7,9-10,12-16,18,20-22,24,26-37,39-40,42-44,46,48-51,53-54,56-63H2,1-3H3/b11-8-,19-17-,25-23-,41-38-,47-45-,55-52-. The number of rotatable bonds is 57. The highest BCUT2D eigenvalue weighted by molar-refractivity contribution is 5.71. The molecule has 6 heteroatoms. The summed E-state index contributed by atoms with van der Waals surface area (Å²) in [5.41, 5.74) is 0. The van der Waals surface area contributed by atoms with Gasteiger partial charge in [0.15, 0.2) is 6.10 Å². The minimum Gasteiger partial charge on any atom is -0.462 e. The highest BCUT2D eigenvalue weighted by Crippen LogP contribution is 2.17. The molecule has 0 N–H and O–H groups in total. The van der Waals surface area contributed by atoms with E-state index in [1.165, 1.54) is 193 Å². The van der Waals surface area contributed by atoms with Gasteiger partial charge in [-0.25, -0.2) is 0 Å². The molecule has 1 atom stereocenters. The molecule has 0 spiro atoms. The molecule has 0 rings (SSSR count). The predicted octanol–water partition coefficient (Wildman–Crippen LogP) is 21.3. The smallest absolute Gasteiger partial charge is 0.306 e. The summed E-state index contributed by atoms with van der Waals surface area (Å²) in [6, 6.07) is 0. The van der Waals surface area contributed by atoms with Crippen LogP contribution in [0.3, 0.4) is 0 Å². The molecule has 0 saturated carbocycles. The van der Waals surface area contributed by atoms with Crippen molar-refractivity contribution in [1.29, 1.82) is 0 Å². The second-order valence-electron chi connectivity index (χ2n) is 21.0. The van der Waals surface area contributed by atoms with Gasteiger partial charge in [0.2, 0.25) is 0 Å². The van der Waals surface area contributed by atoms with Crippen molar-refractivity contribution in [3.8, 4) is 0 Å². The van der Waals surface area contributed by atoms with Crippen LogP contribution in [0.4, 0.5) is 0 Å². The number of ether oxygens (including phenoxy) is 3. The molecular weight excluding hydrogens is 901 g/mol. The lowest BCUT2D eigenvalue weighted by atomic mass is 10.0. The van der Waals surface area contributed by atoms with E-state index < -0.39 is 6.10 Å². The molecular formula is C67H118O6. The maximum absolute atomic E-state index is 12.8. The molecule has 73 heavy (non-hydrogen) atoms. The maximum atomic E-state index is 12.8. The van der Waals surface area contributed by atoms with E-state index in [0.717, 1.165) is 77.0 Å². The van der Waals surface area contributed by atoms with Crippen LogP contribution in [0.25, 0.3) is 0 Å². The second-order valence-corrected chi connectivity index (χ2v) is 21.0. The summed E-state index contributed by atoms with van der Waals surface area (Å²) in [6.45, 7) is 6.45. The van der Waals surface area contributed by atoms with Gasteiger partial charge < -0.3 is 14.2 Å². The Labute approximate surface area is 453 Å². The van der Waals surface area contributed by atoms with Crippen LogP contribution >= 0.6 is 0 Å². The number of allylic oxidation sites excluding steroid dienone is 12. The molecule has 0 aromatic rings. The molecule has 0 aromatic carbocycles. The Bertz CT molecular complexity index is 1360. The molecule has 0 amide bonds. The van der Waals surface area contributed by atoms with Crippen LogP contribution in [0.2, 0.25) is 0 Å². The fraction of sp³-hybridized carbons (Fsp3) is 0.776. The van der Waals surface area contributed by atoms with Crippen LogP contribution in [0.1, 0.15) is 316 Å². The van der Waals surface area contributed by atoms with E-state index in [0.29, 0.717) is 19.3 Å². The molecule has 0 aliphatic rings. The number of hydrogen-bond donors (Lipinski definition) is 0. The monoisotopic (exact) mass is 1020 g/mol. The third-order valence-corrected chi connectivity index (χ3v) is 13.7. The topological polar surface area (TPSA) is 78.9 Å². The number of hydrogen-bond acceptors (Lipinski definition) is 6. The van der Waals surface area contributed by atoms with E-state index in [1.54, 1.807) is 0 Å². The molecule has 0 aliphatic carbocycles. The van der Waals surface area contributed by atoms with Crippen molar-refractivity contribution in [2.45, 2.75) is 322 Å². The first-order valence-corrected chi connectivity index (χ1v) is 31.4. The molecule has 0 aliphatic heterocycles. The van der Waals surface area contributed by atoms with Crippen molar-refractivity contribution in [1.82, 2.24) is 0 Å². The molecule has 0 saturated heterocycles. The van der Waals surface area contributed by atoms with Crippen LogP contribution in [0.5, 0.6) is 0 Å². The molecule has 422 valence electrons. The Hall–Kier alpha value is -3.15.